The molecule has 1 saturated carbocycles. The van der Waals surface area contributed by atoms with E-state index in [4.69, 9.17) is 18.9 Å². The van der Waals surface area contributed by atoms with E-state index in [-0.39, 0.29) is 18.1 Å². The molecule has 0 amide bonds. The summed E-state index contributed by atoms with van der Waals surface area (Å²) in [5, 5.41) is 0. The number of carbonyl (C=O) groups is 2. The van der Waals surface area contributed by atoms with Crippen molar-refractivity contribution in [2.24, 2.45) is 11.8 Å². The van der Waals surface area contributed by atoms with Crippen molar-refractivity contribution in [3.63, 3.8) is 0 Å². The van der Waals surface area contributed by atoms with Crippen LogP contribution in [0, 0.1) is 11.8 Å². The average Bonchev–Trinajstić information content (AvgIpc) is 3.00. The first-order valence-corrected chi connectivity index (χ1v) is 11.9. The Bertz CT molecular complexity index is 508. The molecule has 2 fully saturated rings. The van der Waals surface area contributed by atoms with Crippen molar-refractivity contribution < 1.29 is 28.5 Å². The number of esters is 2. The van der Waals surface area contributed by atoms with Gasteiger partial charge in [-0.3, -0.25) is 9.59 Å². The Labute approximate surface area is 182 Å². The summed E-state index contributed by atoms with van der Waals surface area (Å²) >= 11 is 0. The third kappa shape index (κ3) is 7.23. The van der Waals surface area contributed by atoms with Crippen LogP contribution in [0.5, 0.6) is 0 Å². The van der Waals surface area contributed by atoms with Crippen LogP contribution in [0.1, 0.15) is 97.3 Å². The molecule has 6 nitrogen and oxygen atoms in total. The van der Waals surface area contributed by atoms with Crippen LogP contribution in [0.15, 0.2) is 0 Å². The Morgan fingerprint density at radius 1 is 0.767 bits per heavy atom. The molecule has 1 aliphatic carbocycles. The first kappa shape index (κ1) is 25.1. The second-order valence-electron chi connectivity index (χ2n) is 9.12. The number of ether oxygens (including phenoxy) is 4. The normalized spacial score (nSPS) is 29.2. The maximum Gasteiger partial charge on any atom is 0.320 e. The Morgan fingerprint density at radius 3 is 1.67 bits per heavy atom. The fourth-order valence-corrected chi connectivity index (χ4v) is 4.95. The van der Waals surface area contributed by atoms with Gasteiger partial charge in [-0.15, -0.1) is 0 Å². The predicted molar refractivity (Wildman–Crippen MR) is 115 cm³/mol. The number of carbonyl (C=O) groups excluding carboxylic acids is 2. The van der Waals surface area contributed by atoms with E-state index in [2.05, 4.69) is 0 Å². The molecule has 0 aromatic rings. The first-order valence-electron chi connectivity index (χ1n) is 11.9. The number of hydrogen-bond acceptors (Lipinski definition) is 6. The van der Waals surface area contributed by atoms with E-state index in [0.29, 0.717) is 6.42 Å². The summed E-state index contributed by atoms with van der Waals surface area (Å²) in [4.78, 5) is 25.1. The largest absolute Gasteiger partial charge is 0.468 e. The predicted octanol–water partition coefficient (Wildman–Crippen LogP) is 5.17. The highest BCUT2D eigenvalue weighted by atomic mass is 16.8. The van der Waals surface area contributed by atoms with Gasteiger partial charge in [-0.2, -0.15) is 0 Å². The fourth-order valence-electron chi connectivity index (χ4n) is 4.95. The molecule has 1 saturated heterocycles. The zero-order valence-electron chi connectivity index (χ0n) is 19.5. The lowest BCUT2D eigenvalue weighted by Crippen LogP contribution is -2.41. The van der Waals surface area contributed by atoms with Crippen LogP contribution >= 0.6 is 0 Å². The number of rotatable bonds is 3. The third-order valence-electron chi connectivity index (χ3n) is 6.80. The average molecular weight is 427 g/mol. The van der Waals surface area contributed by atoms with Gasteiger partial charge < -0.3 is 18.9 Å². The molecule has 0 radical (unpaired) electrons. The van der Waals surface area contributed by atoms with Crippen LogP contribution in [0.2, 0.25) is 0 Å². The van der Waals surface area contributed by atoms with Crippen molar-refractivity contribution in [2.45, 2.75) is 115 Å². The minimum Gasteiger partial charge on any atom is -0.468 e. The zero-order valence-corrected chi connectivity index (χ0v) is 19.5. The lowest BCUT2D eigenvalue weighted by Gasteiger charge is -2.34. The Kier molecular flexibility index (Phi) is 10.6. The van der Waals surface area contributed by atoms with Crippen LogP contribution in [-0.2, 0) is 28.5 Å². The van der Waals surface area contributed by atoms with Gasteiger partial charge in [0.1, 0.15) is 0 Å². The van der Waals surface area contributed by atoms with Crippen molar-refractivity contribution in [3.05, 3.63) is 0 Å². The molecule has 1 heterocycles. The zero-order chi connectivity index (χ0) is 22.0. The molecule has 0 aromatic carbocycles. The molecule has 0 N–H and O–H groups in total. The fraction of sp³-hybridized carbons (Fsp3) is 0.917. The second-order valence-corrected chi connectivity index (χ2v) is 9.12. The molecule has 30 heavy (non-hydrogen) atoms. The molecule has 174 valence electrons. The van der Waals surface area contributed by atoms with Crippen molar-refractivity contribution in [1.29, 1.82) is 0 Å². The summed E-state index contributed by atoms with van der Waals surface area (Å²) in [6, 6.07) is 0. The molecule has 2 aliphatic rings. The summed E-state index contributed by atoms with van der Waals surface area (Å²) in [7, 11) is 2.65. The topological polar surface area (TPSA) is 71.1 Å². The summed E-state index contributed by atoms with van der Waals surface area (Å²) in [5.41, 5.74) is 0. The Balaban J connectivity index is 2.25. The van der Waals surface area contributed by atoms with Crippen molar-refractivity contribution in [2.75, 3.05) is 14.2 Å². The lowest BCUT2D eigenvalue weighted by atomic mass is 9.81. The first-order chi connectivity index (χ1) is 14.4. The standard InChI is InChI=1S/C24H42O6/c1-18-19(2)30-24(29-18)16-14-12-10-8-6-5-7-9-11-13-15-20(17-24)21(22(25)27-3)23(26)28-4/h18-21H,5-17H2,1-4H3/t18-,19-,20+/m1/s1. The van der Waals surface area contributed by atoms with Crippen LogP contribution < -0.4 is 0 Å². The monoisotopic (exact) mass is 426 g/mol. The molecular formula is C24H42O6. The van der Waals surface area contributed by atoms with E-state index in [1.54, 1.807) is 0 Å². The van der Waals surface area contributed by atoms with Crippen molar-refractivity contribution >= 4 is 11.9 Å². The Hall–Kier alpha value is -1.14. The SMILES string of the molecule is COC(=O)C(C(=O)OC)[C@H]1CCCCCCCCCCCCC2(C1)O[C@H](C)[C@@H](C)O2. The van der Waals surface area contributed by atoms with Crippen LogP contribution in [-0.4, -0.2) is 44.2 Å². The minimum atomic E-state index is -0.939. The molecule has 0 aromatic heterocycles. The third-order valence-corrected chi connectivity index (χ3v) is 6.80. The number of methoxy groups -OCH3 is 2. The van der Waals surface area contributed by atoms with Gasteiger partial charge in [0.2, 0.25) is 0 Å². The van der Waals surface area contributed by atoms with E-state index in [1.165, 1.54) is 52.7 Å². The van der Waals surface area contributed by atoms with Gasteiger partial charge in [0.05, 0.1) is 26.4 Å². The summed E-state index contributed by atoms with van der Waals surface area (Å²) in [6.07, 6.45) is 13.8. The second kappa shape index (κ2) is 12.7. The number of hydrogen-bond donors (Lipinski definition) is 0. The summed E-state index contributed by atoms with van der Waals surface area (Å²) < 4.78 is 22.7. The lowest BCUT2D eigenvalue weighted by molar-refractivity contribution is -0.197. The van der Waals surface area contributed by atoms with Gasteiger partial charge in [0.15, 0.2) is 11.7 Å². The maximum atomic E-state index is 12.6. The molecule has 6 heteroatoms. The quantitative estimate of drug-likeness (QED) is 0.458. The van der Waals surface area contributed by atoms with Crippen LogP contribution in [0.25, 0.3) is 0 Å². The van der Waals surface area contributed by atoms with E-state index in [9.17, 15) is 9.59 Å². The minimum absolute atomic E-state index is 0.0116. The Morgan fingerprint density at radius 2 is 1.20 bits per heavy atom. The molecule has 1 aliphatic heterocycles. The molecule has 0 bridgehead atoms. The van der Waals surface area contributed by atoms with Gasteiger partial charge in [-0.25, -0.2) is 0 Å². The summed E-state index contributed by atoms with van der Waals surface area (Å²) in [6.45, 7) is 4.06. The molecule has 3 atom stereocenters. The van der Waals surface area contributed by atoms with Gasteiger partial charge in [-0.05, 0) is 32.6 Å². The van der Waals surface area contributed by atoms with Crippen LogP contribution in [0.4, 0.5) is 0 Å². The van der Waals surface area contributed by atoms with Gasteiger partial charge in [0.25, 0.3) is 0 Å². The summed E-state index contributed by atoms with van der Waals surface area (Å²) in [5.74, 6) is -2.97. The highest BCUT2D eigenvalue weighted by Gasteiger charge is 2.48. The maximum absolute atomic E-state index is 12.6. The van der Waals surface area contributed by atoms with Gasteiger partial charge in [-0.1, -0.05) is 57.8 Å². The van der Waals surface area contributed by atoms with E-state index < -0.39 is 23.6 Å². The van der Waals surface area contributed by atoms with E-state index in [1.807, 2.05) is 13.8 Å². The molecular weight excluding hydrogens is 384 g/mol. The van der Waals surface area contributed by atoms with E-state index in [0.717, 1.165) is 38.5 Å². The smallest absolute Gasteiger partial charge is 0.320 e. The molecule has 1 spiro atoms. The van der Waals surface area contributed by atoms with Gasteiger partial charge >= 0.3 is 11.9 Å². The van der Waals surface area contributed by atoms with Crippen molar-refractivity contribution in [3.8, 4) is 0 Å². The van der Waals surface area contributed by atoms with Gasteiger partial charge in [0, 0.05) is 12.8 Å². The molecule has 0 unspecified atom stereocenters. The van der Waals surface area contributed by atoms with Crippen LogP contribution in [0.3, 0.4) is 0 Å². The van der Waals surface area contributed by atoms with Crippen molar-refractivity contribution in [1.82, 2.24) is 0 Å². The molecule has 2 rings (SSSR count). The van der Waals surface area contributed by atoms with E-state index >= 15 is 0 Å². The highest BCUT2D eigenvalue weighted by Crippen LogP contribution is 2.41. The highest BCUT2D eigenvalue weighted by molar-refractivity contribution is 5.95.